The number of hydrogen-bond acceptors (Lipinski definition) is 11. The van der Waals surface area contributed by atoms with Crippen LogP contribution in [-0.2, 0) is 0 Å². The summed E-state index contributed by atoms with van der Waals surface area (Å²) in [6.07, 6.45) is 4.94. The summed E-state index contributed by atoms with van der Waals surface area (Å²) >= 11 is 0. The minimum atomic E-state index is -0.0801. The van der Waals surface area contributed by atoms with Gasteiger partial charge in [-0.1, -0.05) is 0 Å². The molecule has 0 spiro atoms. The number of tetrazole rings is 1. The first-order valence-electron chi connectivity index (χ1n) is 13.3. The number of piperidine rings is 1. The van der Waals surface area contributed by atoms with Crippen LogP contribution in [0.5, 0.6) is 5.88 Å². The van der Waals surface area contributed by atoms with Crippen LogP contribution in [0, 0.1) is 11.3 Å². The maximum Gasteiger partial charge on any atom is 0.229 e. The lowest BCUT2D eigenvalue weighted by Crippen LogP contribution is -2.61. The van der Waals surface area contributed by atoms with E-state index in [1.807, 2.05) is 33.8 Å². The Morgan fingerprint density at radius 1 is 1.08 bits per heavy atom. The predicted octanol–water partition coefficient (Wildman–Crippen LogP) is 4.57. The second kappa shape index (κ2) is 10.7. The average molecular weight is 534 g/mol. The van der Waals surface area contributed by atoms with Crippen molar-refractivity contribution in [3.63, 3.8) is 0 Å². The zero-order valence-electron chi connectivity index (χ0n) is 24.3. The zero-order valence-corrected chi connectivity index (χ0v) is 24.3. The lowest BCUT2D eigenvalue weighted by molar-refractivity contribution is -0.00773. The van der Waals surface area contributed by atoms with E-state index in [0.29, 0.717) is 40.3 Å². The summed E-state index contributed by atoms with van der Waals surface area (Å²) in [5.74, 6) is 1.83. The molecule has 1 aliphatic rings. The van der Waals surface area contributed by atoms with Gasteiger partial charge in [-0.2, -0.15) is 10.2 Å². The molecule has 0 bridgehead atoms. The maximum absolute atomic E-state index is 9.75. The molecule has 4 heterocycles. The average Bonchev–Trinajstić information content (AvgIpc) is 3.33. The van der Waals surface area contributed by atoms with E-state index in [2.05, 4.69) is 86.8 Å². The van der Waals surface area contributed by atoms with E-state index < -0.39 is 0 Å². The minimum Gasteiger partial charge on any atom is -0.474 e. The van der Waals surface area contributed by atoms with Gasteiger partial charge in [0.1, 0.15) is 17.5 Å². The van der Waals surface area contributed by atoms with Gasteiger partial charge in [0.2, 0.25) is 11.8 Å². The molecule has 3 aromatic heterocycles. The van der Waals surface area contributed by atoms with Crippen molar-refractivity contribution in [3.05, 3.63) is 24.0 Å². The SMILES string of the molecule is CC(C)Oc1ncc(Nc2ncc(C#N)c(NC3CC(C)(C)N(C)C(C)(C)C3)n2)cc1-c1nnnn1C(C)C. The number of aromatic nitrogens is 7. The highest BCUT2D eigenvalue weighted by atomic mass is 16.5. The highest BCUT2D eigenvalue weighted by molar-refractivity contribution is 5.69. The smallest absolute Gasteiger partial charge is 0.229 e. The molecule has 208 valence electrons. The number of rotatable bonds is 8. The number of anilines is 3. The van der Waals surface area contributed by atoms with Crippen LogP contribution < -0.4 is 15.4 Å². The van der Waals surface area contributed by atoms with E-state index in [4.69, 9.17) is 4.74 Å². The molecule has 0 saturated carbocycles. The Hall–Kier alpha value is -3.85. The second-order valence-corrected chi connectivity index (χ2v) is 11.9. The molecule has 1 aliphatic heterocycles. The van der Waals surface area contributed by atoms with Gasteiger partial charge in [-0.05, 0) is 91.8 Å². The van der Waals surface area contributed by atoms with E-state index in [9.17, 15) is 5.26 Å². The van der Waals surface area contributed by atoms with Gasteiger partial charge in [-0.15, -0.1) is 5.10 Å². The summed E-state index contributed by atoms with van der Waals surface area (Å²) < 4.78 is 7.68. The molecule has 0 unspecified atom stereocenters. The molecule has 0 amide bonds. The Morgan fingerprint density at radius 2 is 1.77 bits per heavy atom. The molecule has 12 heteroatoms. The number of likely N-dealkylation sites (tertiary alicyclic amines) is 1. The Kier molecular flexibility index (Phi) is 7.75. The van der Waals surface area contributed by atoms with Gasteiger partial charge in [-0.3, -0.25) is 4.90 Å². The lowest BCUT2D eigenvalue weighted by Gasteiger charge is -2.53. The number of ether oxygens (including phenoxy) is 1. The monoisotopic (exact) mass is 533 g/mol. The van der Waals surface area contributed by atoms with E-state index in [1.165, 1.54) is 6.20 Å². The quantitative estimate of drug-likeness (QED) is 0.420. The Balaban J connectivity index is 1.64. The fourth-order valence-electron chi connectivity index (χ4n) is 5.15. The van der Waals surface area contributed by atoms with Gasteiger partial charge in [0.05, 0.1) is 35.8 Å². The van der Waals surface area contributed by atoms with E-state index >= 15 is 0 Å². The molecular formula is C27H39N11O. The molecule has 2 N–H and O–H groups in total. The normalized spacial score (nSPS) is 17.3. The van der Waals surface area contributed by atoms with E-state index in [1.54, 1.807) is 10.9 Å². The van der Waals surface area contributed by atoms with Crippen molar-refractivity contribution in [3.8, 4) is 23.3 Å². The summed E-state index contributed by atoms with van der Waals surface area (Å²) in [6.45, 7) is 16.9. The van der Waals surface area contributed by atoms with Gasteiger partial charge in [0.25, 0.3) is 0 Å². The van der Waals surface area contributed by atoms with Gasteiger partial charge in [0, 0.05) is 17.1 Å². The minimum absolute atomic E-state index is 0.00634. The molecule has 0 aliphatic carbocycles. The third-order valence-corrected chi connectivity index (χ3v) is 7.24. The third kappa shape index (κ3) is 6.09. The van der Waals surface area contributed by atoms with Gasteiger partial charge in [-0.25, -0.2) is 14.6 Å². The Morgan fingerprint density at radius 3 is 2.38 bits per heavy atom. The zero-order chi connectivity index (χ0) is 28.5. The third-order valence-electron chi connectivity index (χ3n) is 7.24. The van der Waals surface area contributed by atoms with E-state index in [-0.39, 0.29) is 29.3 Å². The van der Waals surface area contributed by atoms with E-state index in [0.717, 1.165) is 12.8 Å². The molecule has 1 saturated heterocycles. The fraction of sp³-hybridized carbons (Fsp3) is 0.593. The second-order valence-electron chi connectivity index (χ2n) is 11.9. The van der Waals surface area contributed by atoms with Gasteiger partial charge < -0.3 is 15.4 Å². The van der Waals surface area contributed by atoms with Crippen molar-refractivity contribution < 1.29 is 4.74 Å². The van der Waals surface area contributed by atoms with Crippen molar-refractivity contribution in [1.82, 2.24) is 40.1 Å². The summed E-state index contributed by atoms with van der Waals surface area (Å²) in [7, 11) is 2.17. The van der Waals surface area contributed by atoms with Crippen molar-refractivity contribution >= 4 is 17.5 Å². The van der Waals surface area contributed by atoms with Crippen LogP contribution in [0.3, 0.4) is 0 Å². The molecule has 12 nitrogen and oxygen atoms in total. The summed E-state index contributed by atoms with van der Waals surface area (Å²) in [4.78, 5) is 16.0. The first-order chi connectivity index (χ1) is 18.3. The number of nitriles is 1. The number of nitrogens with one attached hydrogen (secondary N) is 2. The predicted molar refractivity (Wildman–Crippen MR) is 150 cm³/mol. The maximum atomic E-state index is 9.75. The largest absolute Gasteiger partial charge is 0.474 e. The summed E-state index contributed by atoms with van der Waals surface area (Å²) in [5, 5.41) is 28.7. The standard InChI is InChI=1S/C27H39N11O/c1-16(2)38-23(34-35-36-38)21-10-19(15-29-24(21)39-17(3)4)32-25-30-14-18(13-28)22(33-25)31-20-11-26(5,6)37(9)27(7,8)12-20/h10,14-17,20H,11-12H2,1-9H3,(H2,30,31,32,33). The Bertz CT molecular complexity index is 1340. The van der Waals surface area contributed by atoms with Crippen LogP contribution in [0.4, 0.5) is 17.5 Å². The van der Waals surface area contributed by atoms with Crippen molar-refractivity contribution in [2.75, 3.05) is 17.7 Å². The molecule has 39 heavy (non-hydrogen) atoms. The first-order valence-corrected chi connectivity index (χ1v) is 13.3. The molecular weight excluding hydrogens is 494 g/mol. The summed E-state index contributed by atoms with van der Waals surface area (Å²) in [6, 6.07) is 4.28. The molecule has 4 rings (SSSR count). The molecule has 0 aromatic carbocycles. The van der Waals surface area contributed by atoms with Crippen molar-refractivity contribution in [2.45, 2.75) is 97.5 Å². The lowest BCUT2D eigenvalue weighted by atomic mass is 9.77. The highest BCUT2D eigenvalue weighted by Crippen LogP contribution is 2.38. The summed E-state index contributed by atoms with van der Waals surface area (Å²) in [5.41, 5.74) is 1.67. The van der Waals surface area contributed by atoms with Crippen molar-refractivity contribution in [1.29, 1.82) is 5.26 Å². The van der Waals surface area contributed by atoms with Crippen LogP contribution in [-0.4, -0.2) is 70.3 Å². The molecule has 0 radical (unpaired) electrons. The number of nitrogens with zero attached hydrogens (tertiary/aromatic N) is 9. The van der Waals surface area contributed by atoms with Crippen LogP contribution in [0.25, 0.3) is 11.4 Å². The first kappa shape index (κ1) is 28.2. The molecule has 0 atom stereocenters. The van der Waals surface area contributed by atoms with Gasteiger partial charge >= 0.3 is 0 Å². The van der Waals surface area contributed by atoms with Crippen LogP contribution in [0.2, 0.25) is 0 Å². The van der Waals surface area contributed by atoms with Crippen LogP contribution >= 0.6 is 0 Å². The van der Waals surface area contributed by atoms with Crippen LogP contribution in [0.15, 0.2) is 18.5 Å². The topological polar surface area (TPSA) is 143 Å². The van der Waals surface area contributed by atoms with Gasteiger partial charge in [0.15, 0.2) is 5.82 Å². The highest BCUT2D eigenvalue weighted by Gasteiger charge is 2.43. The number of hydrogen-bond donors (Lipinski definition) is 2. The molecule has 1 fully saturated rings. The van der Waals surface area contributed by atoms with Crippen LogP contribution in [0.1, 0.15) is 79.8 Å². The molecule has 3 aromatic rings. The van der Waals surface area contributed by atoms with Crippen molar-refractivity contribution in [2.24, 2.45) is 0 Å². The number of pyridine rings is 1. The fourth-order valence-corrected chi connectivity index (χ4v) is 5.15. The Labute approximate surface area is 230 Å².